The molecular weight excluding hydrogens is 228 g/mol. The van der Waals surface area contributed by atoms with Gasteiger partial charge in [0, 0.05) is 31.3 Å². The van der Waals surface area contributed by atoms with Gasteiger partial charge in [-0.3, -0.25) is 4.79 Å². The Morgan fingerprint density at radius 3 is 2.50 bits per heavy atom. The van der Waals surface area contributed by atoms with Crippen molar-refractivity contribution in [1.82, 2.24) is 10.6 Å². The maximum absolute atomic E-state index is 11.2. The Hall–Kier alpha value is -0.620. The van der Waals surface area contributed by atoms with Gasteiger partial charge in [0.25, 0.3) is 0 Å². The highest BCUT2D eigenvalue weighted by molar-refractivity contribution is 7.90. The maximum atomic E-state index is 11.2. The summed E-state index contributed by atoms with van der Waals surface area (Å²) in [5.74, 6) is 0.481. The van der Waals surface area contributed by atoms with Gasteiger partial charge >= 0.3 is 0 Å². The third-order valence-corrected chi connectivity index (χ3v) is 3.52. The fraction of sp³-hybridized carbons (Fsp3) is 0.900. The van der Waals surface area contributed by atoms with Crippen molar-refractivity contribution in [1.29, 1.82) is 0 Å². The van der Waals surface area contributed by atoms with E-state index in [1.54, 1.807) is 0 Å². The van der Waals surface area contributed by atoms with E-state index in [4.69, 9.17) is 0 Å². The van der Waals surface area contributed by atoms with Crippen LogP contribution in [0.15, 0.2) is 0 Å². The SMILES string of the molecule is CC(CS(C)(=O)=O)NCCNC(=O)C1CC1. The van der Waals surface area contributed by atoms with Crippen LogP contribution >= 0.6 is 0 Å². The predicted molar refractivity (Wildman–Crippen MR) is 62.9 cm³/mol. The molecule has 0 aromatic heterocycles. The Bertz CT molecular complexity index is 336. The second-order valence-corrected chi connectivity index (χ2v) is 6.70. The fourth-order valence-corrected chi connectivity index (χ4v) is 2.53. The molecule has 1 aliphatic carbocycles. The number of rotatable bonds is 7. The highest BCUT2D eigenvalue weighted by Crippen LogP contribution is 2.28. The van der Waals surface area contributed by atoms with Crippen LogP contribution in [0.3, 0.4) is 0 Å². The van der Waals surface area contributed by atoms with Gasteiger partial charge in [0.05, 0.1) is 5.75 Å². The molecule has 1 saturated carbocycles. The van der Waals surface area contributed by atoms with Crippen molar-refractivity contribution in [3.8, 4) is 0 Å². The van der Waals surface area contributed by atoms with Crippen LogP contribution in [-0.4, -0.2) is 45.5 Å². The normalized spacial score (nSPS) is 18.1. The predicted octanol–water partition coefficient (Wildman–Crippen LogP) is -0.465. The van der Waals surface area contributed by atoms with Crippen LogP contribution in [0.5, 0.6) is 0 Å². The van der Waals surface area contributed by atoms with Gasteiger partial charge in [-0.05, 0) is 19.8 Å². The van der Waals surface area contributed by atoms with Crippen LogP contribution in [0, 0.1) is 5.92 Å². The average molecular weight is 248 g/mol. The zero-order valence-corrected chi connectivity index (χ0v) is 10.6. The minimum absolute atomic E-state index is 0.0761. The summed E-state index contributed by atoms with van der Waals surface area (Å²) in [6.45, 7) is 2.99. The first-order chi connectivity index (χ1) is 7.38. The minimum atomic E-state index is -2.93. The summed E-state index contributed by atoms with van der Waals surface area (Å²) < 4.78 is 21.9. The van der Waals surface area contributed by atoms with Crippen molar-refractivity contribution in [2.24, 2.45) is 5.92 Å². The Balaban J connectivity index is 2.03. The standard InChI is InChI=1S/C10H20N2O3S/c1-8(7-16(2,14)15)11-5-6-12-10(13)9-3-4-9/h8-9,11H,3-7H2,1-2H3,(H,12,13). The number of nitrogens with one attached hydrogen (secondary N) is 2. The van der Waals surface area contributed by atoms with E-state index in [1.165, 1.54) is 6.26 Å². The largest absolute Gasteiger partial charge is 0.355 e. The first-order valence-electron chi connectivity index (χ1n) is 5.57. The molecule has 0 heterocycles. The molecule has 1 amide bonds. The molecule has 1 atom stereocenters. The van der Waals surface area contributed by atoms with E-state index in [0.29, 0.717) is 13.1 Å². The van der Waals surface area contributed by atoms with Crippen molar-refractivity contribution < 1.29 is 13.2 Å². The molecule has 1 unspecified atom stereocenters. The van der Waals surface area contributed by atoms with Gasteiger partial charge in [0.15, 0.2) is 0 Å². The van der Waals surface area contributed by atoms with Crippen LogP contribution < -0.4 is 10.6 Å². The van der Waals surface area contributed by atoms with Gasteiger partial charge in [-0.2, -0.15) is 0 Å². The van der Waals surface area contributed by atoms with Gasteiger partial charge in [0.2, 0.25) is 5.91 Å². The van der Waals surface area contributed by atoms with Crippen molar-refractivity contribution >= 4 is 15.7 Å². The van der Waals surface area contributed by atoms with E-state index < -0.39 is 9.84 Å². The minimum Gasteiger partial charge on any atom is -0.355 e. The highest BCUT2D eigenvalue weighted by Gasteiger charge is 2.28. The second-order valence-electron chi connectivity index (χ2n) is 4.51. The smallest absolute Gasteiger partial charge is 0.223 e. The lowest BCUT2D eigenvalue weighted by molar-refractivity contribution is -0.122. The number of carbonyl (C=O) groups is 1. The molecule has 0 radical (unpaired) electrons. The number of hydrogen-bond acceptors (Lipinski definition) is 4. The number of sulfone groups is 1. The summed E-state index contributed by atoms with van der Waals surface area (Å²) in [5.41, 5.74) is 0. The Labute approximate surface area is 96.9 Å². The molecule has 1 fully saturated rings. The fourth-order valence-electron chi connectivity index (χ4n) is 1.51. The van der Waals surface area contributed by atoms with Crippen molar-refractivity contribution in [2.75, 3.05) is 25.1 Å². The topological polar surface area (TPSA) is 75.3 Å². The van der Waals surface area contributed by atoms with Crippen molar-refractivity contribution in [2.45, 2.75) is 25.8 Å². The van der Waals surface area contributed by atoms with Crippen LogP contribution in [-0.2, 0) is 14.6 Å². The average Bonchev–Trinajstić information content (AvgIpc) is 2.91. The van der Waals surface area contributed by atoms with Crippen LogP contribution in [0.2, 0.25) is 0 Å². The number of carbonyl (C=O) groups excluding carboxylic acids is 1. The number of hydrogen-bond donors (Lipinski definition) is 2. The number of amides is 1. The monoisotopic (exact) mass is 248 g/mol. The third kappa shape index (κ3) is 6.07. The van der Waals surface area contributed by atoms with Gasteiger partial charge < -0.3 is 10.6 Å². The Kier molecular flexibility index (Phi) is 4.73. The molecule has 94 valence electrons. The lowest BCUT2D eigenvalue weighted by Gasteiger charge is -2.12. The van der Waals surface area contributed by atoms with Crippen molar-refractivity contribution in [3.05, 3.63) is 0 Å². The summed E-state index contributed by atoms with van der Waals surface area (Å²) in [6.07, 6.45) is 3.23. The quantitative estimate of drug-likeness (QED) is 0.598. The molecule has 16 heavy (non-hydrogen) atoms. The van der Waals surface area contributed by atoms with Gasteiger partial charge in [-0.1, -0.05) is 0 Å². The summed E-state index contributed by atoms with van der Waals surface area (Å²) in [4.78, 5) is 11.2. The van der Waals surface area contributed by atoms with Crippen LogP contribution in [0.25, 0.3) is 0 Å². The lowest BCUT2D eigenvalue weighted by Crippen LogP contribution is -2.39. The summed E-state index contributed by atoms with van der Waals surface area (Å²) in [7, 11) is -2.93. The molecule has 6 heteroatoms. The lowest BCUT2D eigenvalue weighted by atomic mass is 10.3. The molecule has 0 aromatic carbocycles. The Morgan fingerprint density at radius 1 is 1.38 bits per heavy atom. The molecule has 0 saturated heterocycles. The summed E-state index contributed by atoms with van der Waals surface area (Å²) in [5, 5.41) is 5.87. The molecule has 0 aromatic rings. The molecule has 1 aliphatic rings. The van der Waals surface area contributed by atoms with Crippen LogP contribution in [0.4, 0.5) is 0 Å². The van der Waals surface area contributed by atoms with E-state index in [2.05, 4.69) is 10.6 Å². The Morgan fingerprint density at radius 2 is 2.00 bits per heavy atom. The van der Waals surface area contributed by atoms with E-state index in [0.717, 1.165) is 12.8 Å². The van der Waals surface area contributed by atoms with E-state index in [9.17, 15) is 13.2 Å². The van der Waals surface area contributed by atoms with Crippen LogP contribution in [0.1, 0.15) is 19.8 Å². The highest BCUT2D eigenvalue weighted by atomic mass is 32.2. The molecule has 0 bridgehead atoms. The summed E-state index contributed by atoms with van der Waals surface area (Å²) in [6, 6.07) is -0.0761. The van der Waals surface area contributed by atoms with Gasteiger partial charge in [-0.25, -0.2) is 8.42 Å². The molecule has 1 rings (SSSR count). The molecule has 0 spiro atoms. The van der Waals surface area contributed by atoms with E-state index >= 15 is 0 Å². The first kappa shape index (κ1) is 13.4. The molecule has 0 aliphatic heterocycles. The molecule has 5 nitrogen and oxygen atoms in total. The van der Waals surface area contributed by atoms with Crippen molar-refractivity contribution in [3.63, 3.8) is 0 Å². The summed E-state index contributed by atoms with van der Waals surface area (Å²) >= 11 is 0. The maximum Gasteiger partial charge on any atom is 0.223 e. The molecular formula is C10H20N2O3S. The van der Waals surface area contributed by atoms with Gasteiger partial charge in [0.1, 0.15) is 9.84 Å². The second kappa shape index (κ2) is 5.63. The zero-order chi connectivity index (χ0) is 12.2. The van der Waals surface area contributed by atoms with E-state index in [1.807, 2.05) is 6.92 Å². The zero-order valence-electron chi connectivity index (χ0n) is 9.82. The third-order valence-electron chi connectivity index (χ3n) is 2.42. The first-order valence-corrected chi connectivity index (χ1v) is 7.63. The van der Waals surface area contributed by atoms with E-state index in [-0.39, 0.29) is 23.6 Å². The van der Waals surface area contributed by atoms with Gasteiger partial charge in [-0.15, -0.1) is 0 Å². The molecule has 2 N–H and O–H groups in total.